The van der Waals surface area contributed by atoms with Crippen LogP contribution in [-0.4, -0.2) is 65.3 Å². The van der Waals surface area contributed by atoms with Crippen molar-refractivity contribution in [2.24, 2.45) is 0 Å². The van der Waals surface area contributed by atoms with E-state index in [4.69, 9.17) is 0 Å². The van der Waals surface area contributed by atoms with Gasteiger partial charge in [0.25, 0.3) is 0 Å². The predicted octanol–water partition coefficient (Wildman–Crippen LogP) is 11.9. The van der Waals surface area contributed by atoms with Gasteiger partial charge in [-0.3, -0.25) is 0 Å². The van der Waals surface area contributed by atoms with Gasteiger partial charge < -0.3 is 0 Å². The Hall–Kier alpha value is 0.175. The molecule has 0 N–H and O–H groups in total. The highest BCUT2D eigenvalue weighted by Crippen LogP contribution is 2.55. The van der Waals surface area contributed by atoms with E-state index in [1.165, 1.54) is 11.6 Å². The monoisotopic (exact) mass is 783 g/mol. The molecule has 0 fully saturated rings. The summed E-state index contributed by atoms with van der Waals surface area (Å²) in [5, 5.41) is 4.47. The molecule has 271 valence electrons. The quantitative estimate of drug-likeness (QED) is 0.211. The average molecular weight is 785 g/mol. The van der Waals surface area contributed by atoms with Gasteiger partial charge in [-0.25, -0.2) is 0 Å². The molecule has 1 radical (unpaired) electrons. The van der Waals surface area contributed by atoms with Crippen LogP contribution in [0.3, 0.4) is 0 Å². The molecule has 1 heterocycles. The van der Waals surface area contributed by atoms with Crippen molar-refractivity contribution in [3.05, 3.63) is 57.6 Å². The van der Waals surface area contributed by atoms with Gasteiger partial charge in [0.15, 0.2) is 0 Å². The second-order valence-electron chi connectivity index (χ2n) is 23.5. The minimum atomic E-state index is -1.71. The standard InChI is InChI=1S/C40H79Si8/c1-30-25-31(2)36(32(3)26-30)41-29-39(44(10,11)12,45(13,14)15)35-28-33(40(46(16,17)18,47(19,20)21)48(22,23)24)27-34(37(35)41)38(42(4,5)6)43(7,8)9/h25-28,38H,29H2,1-24H3. The molecule has 0 saturated heterocycles. The van der Waals surface area contributed by atoms with Crippen molar-refractivity contribution in [2.75, 3.05) is 0 Å². The zero-order chi connectivity index (χ0) is 37.8. The van der Waals surface area contributed by atoms with E-state index < -0.39 is 65.3 Å². The Morgan fingerprint density at radius 1 is 0.542 bits per heavy atom. The molecule has 0 nitrogen and oxygen atoms in total. The fraction of sp³-hybridized carbons (Fsp3) is 0.700. The second kappa shape index (κ2) is 12.6. The molecule has 48 heavy (non-hydrogen) atoms. The van der Waals surface area contributed by atoms with Crippen LogP contribution >= 0.6 is 0 Å². The fourth-order valence-corrected chi connectivity index (χ4v) is 76.7. The fourth-order valence-electron chi connectivity index (χ4n) is 13.5. The van der Waals surface area contributed by atoms with Crippen LogP contribution in [0.2, 0.25) is 144 Å². The summed E-state index contributed by atoms with van der Waals surface area (Å²) in [6.45, 7) is 65.2. The van der Waals surface area contributed by atoms with Gasteiger partial charge in [0.1, 0.15) is 8.80 Å². The molecule has 0 spiro atoms. The zero-order valence-electron chi connectivity index (χ0n) is 36.6. The molecule has 0 amide bonds. The van der Waals surface area contributed by atoms with E-state index in [-0.39, 0.29) is 0 Å². The van der Waals surface area contributed by atoms with Gasteiger partial charge in [0.05, 0.1) is 16.1 Å². The molecule has 2 aromatic carbocycles. The van der Waals surface area contributed by atoms with E-state index in [9.17, 15) is 0 Å². The van der Waals surface area contributed by atoms with E-state index in [0.29, 0.717) is 8.95 Å². The first-order valence-electron chi connectivity index (χ1n) is 19.1. The first-order chi connectivity index (χ1) is 21.0. The van der Waals surface area contributed by atoms with Crippen LogP contribution in [-0.2, 0) is 8.95 Å². The molecule has 0 bridgehead atoms. The third kappa shape index (κ3) is 6.75. The number of benzene rings is 2. The lowest BCUT2D eigenvalue weighted by atomic mass is 10.0. The summed E-state index contributed by atoms with van der Waals surface area (Å²) in [7, 11) is -12.7. The Kier molecular flexibility index (Phi) is 11.2. The summed E-state index contributed by atoms with van der Waals surface area (Å²) in [6, 6.07) is 12.5. The molecule has 0 saturated carbocycles. The zero-order valence-corrected chi connectivity index (χ0v) is 44.6. The van der Waals surface area contributed by atoms with Crippen molar-refractivity contribution < 1.29 is 0 Å². The lowest BCUT2D eigenvalue weighted by Crippen LogP contribution is -2.74. The van der Waals surface area contributed by atoms with Crippen molar-refractivity contribution >= 4 is 75.7 Å². The minimum Gasteiger partial charge on any atom is -0.0693 e. The molecule has 0 aliphatic carbocycles. The number of hydrogen-bond donors (Lipinski definition) is 0. The third-order valence-corrected chi connectivity index (χ3v) is 57.8. The molecule has 2 aromatic rings. The topological polar surface area (TPSA) is 0 Å². The summed E-state index contributed by atoms with van der Waals surface area (Å²) >= 11 is 0. The van der Waals surface area contributed by atoms with Gasteiger partial charge >= 0.3 is 0 Å². The Morgan fingerprint density at radius 2 is 0.917 bits per heavy atom. The van der Waals surface area contributed by atoms with Crippen molar-refractivity contribution in [1.82, 2.24) is 0 Å². The Bertz CT molecular complexity index is 1430. The van der Waals surface area contributed by atoms with Crippen molar-refractivity contribution in [1.29, 1.82) is 0 Å². The lowest BCUT2D eigenvalue weighted by molar-refractivity contribution is 0.870. The summed E-state index contributed by atoms with van der Waals surface area (Å²) in [6.07, 6.45) is 0. The largest absolute Gasteiger partial charge is 0.123 e. The first-order valence-corrected chi connectivity index (χ1v) is 45.5. The van der Waals surface area contributed by atoms with Crippen LogP contribution in [0.5, 0.6) is 0 Å². The normalized spacial score (nSPS) is 17.4. The smallest absolute Gasteiger partial charge is 0.0693 e. The highest BCUT2D eigenvalue weighted by Gasteiger charge is 2.64. The van der Waals surface area contributed by atoms with Gasteiger partial charge in [-0.05, 0) is 57.2 Å². The molecular weight excluding hydrogens is 705 g/mol. The summed E-state index contributed by atoms with van der Waals surface area (Å²) in [5.41, 5.74) is 10.2. The Balaban J connectivity index is 2.91. The number of rotatable bonds is 10. The van der Waals surface area contributed by atoms with Gasteiger partial charge in [-0.1, -0.05) is 189 Å². The van der Waals surface area contributed by atoms with Gasteiger partial charge in [0.2, 0.25) is 0 Å². The maximum Gasteiger partial charge on any atom is 0.123 e. The number of hydrogen-bond acceptors (Lipinski definition) is 0. The van der Waals surface area contributed by atoms with E-state index in [0.717, 1.165) is 5.16 Å². The van der Waals surface area contributed by atoms with E-state index in [2.05, 4.69) is 183 Å². The molecule has 8 heteroatoms. The SMILES string of the molecule is Cc1cc(C)c([Si]2CC([Si](C)(C)C)([Si](C)(C)C)c3cc(C([Si](C)(C)C)([Si](C)(C)C)[Si](C)(C)C)cc(C([Si](C)(C)C)[Si](C)(C)C)c32)c(C)c1. The van der Waals surface area contributed by atoms with Crippen LogP contribution in [0.15, 0.2) is 24.3 Å². The molecule has 0 aromatic heterocycles. The first kappa shape index (κ1) is 42.6. The predicted molar refractivity (Wildman–Crippen MR) is 246 cm³/mol. The molecule has 1 aliphatic heterocycles. The highest BCUT2D eigenvalue weighted by atomic mass is 28.5. The maximum absolute atomic E-state index is 3.03. The van der Waals surface area contributed by atoms with Crippen LogP contribution in [0.4, 0.5) is 0 Å². The highest BCUT2D eigenvalue weighted by molar-refractivity contribution is 7.14. The van der Waals surface area contributed by atoms with Gasteiger partial charge in [0, 0.05) is 40.4 Å². The average Bonchev–Trinajstić information content (AvgIpc) is 3.10. The van der Waals surface area contributed by atoms with Crippen LogP contribution in [0.1, 0.15) is 38.5 Å². The maximum atomic E-state index is 3.03. The molecule has 3 rings (SSSR count). The number of aryl methyl sites for hydroxylation is 3. The number of fused-ring (bicyclic) bond motifs is 1. The van der Waals surface area contributed by atoms with Crippen molar-refractivity contribution in [3.63, 3.8) is 0 Å². The summed E-state index contributed by atoms with van der Waals surface area (Å²) in [5.74, 6) is 0. The third-order valence-electron chi connectivity index (χ3n) is 12.8. The summed E-state index contributed by atoms with van der Waals surface area (Å²) in [4.78, 5) is 0. The molecular formula is C40H79Si8. The van der Waals surface area contributed by atoms with E-state index in [1.807, 2.05) is 21.9 Å². The van der Waals surface area contributed by atoms with Crippen molar-refractivity contribution in [2.45, 2.75) is 178 Å². The Labute approximate surface area is 309 Å². The second-order valence-corrected chi connectivity index (χ2v) is 65.5. The molecule has 0 unspecified atom stereocenters. The van der Waals surface area contributed by atoms with Crippen molar-refractivity contribution in [3.8, 4) is 0 Å². The molecule has 0 atom stereocenters. The van der Waals surface area contributed by atoms with E-state index in [1.54, 1.807) is 16.3 Å². The summed E-state index contributed by atoms with van der Waals surface area (Å²) < 4.78 is 0.752. The molecule has 1 aliphatic rings. The lowest BCUT2D eigenvalue weighted by Gasteiger charge is -2.60. The van der Waals surface area contributed by atoms with Crippen LogP contribution < -0.4 is 10.4 Å². The Morgan fingerprint density at radius 3 is 1.23 bits per heavy atom. The van der Waals surface area contributed by atoms with Crippen LogP contribution in [0.25, 0.3) is 0 Å². The van der Waals surface area contributed by atoms with E-state index >= 15 is 0 Å². The van der Waals surface area contributed by atoms with Gasteiger partial charge in [-0.2, -0.15) is 0 Å². The minimum absolute atomic E-state index is 0.367. The van der Waals surface area contributed by atoms with Gasteiger partial charge in [-0.15, -0.1) is 0 Å². The van der Waals surface area contributed by atoms with Crippen LogP contribution in [0, 0.1) is 20.8 Å².